The molecule has 1 aliphatic rings. The van der Waals surface area contributed by atoms with Crippen LogP contribution in [0.4, 0.5) is 11.4 Å². The van der Waals surface area contributed by atoms with Crippen LogP contribution >= 0.6 is 0 Å². The van der Waals surface area contributed by atoms with Crippen molar-refractivity contribution in [1.29, 1.82) is 0 Å². The minimum absolute atomic E-state index is 0.0121. The van der Waals surface area contributed by atoms with Crippen molar-refractivity contribution in [2.24, 2.45) is 11.8 Å². The summed E-state index contributed by atoms with van der Waals surface area (Å²) in [5.41, 5.74) is 2.94. The summed E-state index contributed by atoms with van der Waals surface area (Å²) < 4.78 is 0. The van der Waals surface area contributed by atoms with E-state index < -0.39 is 0 Å². The van der Waals surface area contributed by atoms with E-state index in [1.807, 2.05) is 58.3 Å². The molecule has 4 nitrogen and oxygen atoms in total. The largest absolute Gasteiger partial charge is 0.309 e. The number of amides is 2. The Bertz CT molecular complexity index is 903. The summed E-state index contributed by atoms with van der Waals surface area (Å²) in [6.07, 6.45) is 4.05. The normalized spacial score (nSPS) is 18.0. The Kier molecular flexibility index (Phi) is 8.11. The standard InChI is InChI=1S/C28H38N2O2/c1-6-21(7-2)27(31)29-20(5)19-26(24-17-13-14-18-25(24)29)30(23-15-11-10-12-16-23)28(32)22(8-3)9-4/h10-18,20-22,26H,6-9,19H2,1-5H3/t20-,26-/m0/s1. The van der Waals surface area contributed by atoms with Gasteiger partial charge in [0.05, 0.1) is 6.04 Å². The van der Waals surface area contributed by atoms with E-state index in [9.17, 15) is 9.59 Å². The van der Waals surface area contributed by atoms with Crippen LogP contribution in [0, 0.1) is 11.8 Å². The SMILES string of the molecule is CCC(CC)C(=O)N1c2ccccc2[C@@H](N(C(=O)C(CC)CC)c2ccccc2)C[C@@H]1C. The van der Waals surface area contributed by atoms with E-state index in [1.165, 1.54) is 0 Å². The molecule has 0 radical (unpaired) electrons. The van der Waals surface area contributed by atoms with Gasteiger partial charge in [0.2, 0.25) is 11.8 Å². The third kappa shape index (κ3) is 4.60. The van der Waals surface area contributed by atoms with Crippen LogP contribution in [0.3, 0.4) is 0 Å². The van der Waals surface area contributed by atoms with Gasteiger partial charge < -0.3 is 9.80 Å². The average Bonchev–Trinajstić information content (AvgIpc) is 2.81. The minimum Gasteiger partial charge on any atom is -0.309 e. The summed E-state index contributed by atoms with van der Waals surface area (Å²) in [6, 6.07) is 18.1. The van der Waals surface area contributed by atoms with Crippen molar-refractivity contribution in [3.63, 3.8) is 0 Å². The summed E-state index contributed by atoms with van der Waals surface area (Å²) in [4.78, 5) is 31.2. The maximum Gasteiger partial charge on any atom is 0.230 e. The molecule has 0 aliphatic carbocycles. The smallest absolute Gasteiger partial charge is 0.230 e. The molecule has 32 heavy (non-hydrogen) atoms. The molecule has 0 unspecified atom stereocenters. The van der Waals surface area contributed by atoms with Gasteiger partial charge in [-0.15, -0.1) is 0 Å². The maximum absolute atomic E-state index is 13.8. The summed E-state index contributed by atoms with van der Waals surface area (Å²) in [5.74, 6) is 0.388. The van der Waals surface area contributed by atoms with Gasteiger partial charge >= 0.3 is 0 Å². The van der Waals surface area contributed by atoms with Crippen molar-refractivity contribution in [3.8, 4) is 0 Å². The third-order valence-corrected chi connectivity index (χ3v) is 7.05. The van der Waals surface area contributed by atoms with Crippen LogP contribution in [0.25, 0.3) is 0 Å². The predicted molar refractivity (Wildman–Crippen MR) is 133 cm³/mol. The Morgan fingerprint density at radius 1 is 0.875 bits per heavy atom. The van der Waals surface area contributed by atoms with Crippen LogP contribution in [-0.4, -0.2) is 17.9 Å². The molecule has 2 atom stereocenters. The number of carbonyl (C=O) groups is 2. The fraction of sp³-hybridized carbons (Fsp3) is 0.500. The van der Waals surface area contributed by atoms with E-state index in [0.29, 0.717) is 0 Å². The molecule has 2 aromatic rings. The highest BCUT2D eigenvalue weighted by Gasteiger charge is 2.40. The van der Waals surface area contributed by atoms with Gasteiger partial charge in [-0.1, -0.05) is 64.1 Å². The van der Waals surface area contributed by atoms with Gasteiger partial charge in [-0.25, -0.2) is 0 Å². The highest BCUT2D eigenvalue weighted by atomic mass is 16.2. The second-order valence-corrected chi connectivity index (χ2v) is 8.94. The number of fused-ring (bicyclic) bond motifs is 1. The second kappa shape index (κ2) is 10.8. The van der Waals surface area contributed by atoms with Gasteiger partial charge in [0.15, 0.2) is 0 Å². The molecule has 0 saturated heterocycles. The average molecular weight is 435 g/mol. The van der Waals surface area contributed by atoms with E-state index in [0.717, 1.165) is 49.0 Å². The zero-order valence-corrected chi connectivity index (χ0v) is 20.3. The van der Waals surface area contributed by atoms with Gasteiger partial charge in [-0.3, -0.25) is 9.59 Å². The molecule has 2 amide bonds. The molecule has 2 aromatic carbocycles. The first-order valence-electron chi connectivity index (χ1n) is 12.3. The van der Waals surface area contributed by atoms with Crippen molar-refractivity contribution < 1.29 is 9.59 Å². The summed E-state index contributed by atoms with van der Waals surface area (Å²) in [6.45, 7) is 10.5. The summed E-state index contributed by atoms with van der Waals surface area (Å²) in [5, 5.41) is 0. The Balaban J connectivity index is 2.11. The lowest BCUT2D eigenvalue weighted by Crippen LogP contribution is -2.50. The number of rotatable bonds is 8. The van der Waals surface area contributed by atoms with Crippen LogP contribution in [0.15, 0.2) is 54.6 Å². The van der Waals surface area contributed by atoms with Crippen molar-refractivity contribution in [1.82, 2.24) is 0 Å². The van der Waals surface area contributed by atoms with Crippen molar-refractivity contribution in [3.05, 3.63) is 60.2 Å². The number of para-hydroxylation sites is 2. The highest BCUT2D eigenvalue weighted by Crippen LogP contribution is 2.43. The van der Waals surface area contributed by atoms with Crippen LogP contribution < -0.4 is 9.80 Å². The van der Waals surface area contributed by atoms with Gasteiger partial charge in [0.25, 0.3) is 0 Å². The number of nitrogens with zero attached hydrogens (tertiary/aromatic N) is 2. The Morgan fingerprint density at radius 2 is 1.44 bits per heavy atom. The molecule has 1 heterocycles. The molecular formula is C28H38N2O2. The first kappa shape index (κ1) is 24.0. The molecule has 0 bridgehead atoms. The highest BCUT2D eigenvalue weighted by molar-refractivity contribution is 5.99. The molecule has 172 valence electrons. The molecular weight excluding hydrogens is 396 g/mol. The van der Waals surface area contributed by atoms with Crippen LogP contribution in [0.5, 0.6) is 0 Å². The third-order valence-electron chi connectivity index (χ3n) is 7.05. The lowest BCUT2D eigenvalue weighted by Gasteiger charge is -2.45. The topological polar surface area (TPSA) is 40.6 Å². The zero-order chi connectivity index (χ0) is 23.3. The fourth-order valence-electron chi connectivity index (χ4n) is 5.08. The summed E-state index contributed by atoms with van der Waals surface area (Å²) >= 11 is 0. The van der Waals surface area contributed by atoms with Gasteiger partial charge in [-0.05, 0) is 62.8 Å². The first-order chi connectivity index (χ1) is 15.5. The van der Waals surface area contributed by atoms with E-state index in [1.54, 1.807) is 0 Å². The van der Waals surface area contributed by atoms with Gasteiger partial charge in [0.1, 0.15) is 0 Å². The van der Waals surface area contributed by atoms with E-state index in [2.05, 4.69) is 40.7 Å². The molecule has 4 heteroatoms. The number of hydrogen-bond donors (Lipinski definition) is 0. The van der Waals surface area contributed by atoms with Crippen LogP contribution in [0.2, 0.25) is 0 Å². The lowest BCUT2D eigenvalue weighted by atomic mass is 9.87. The first-order valence-corrected chi connectivity index (χ1v) is 12.3. The van der Waals surface area contributed by atoms with Gasteiger partial charge in [-0.2, -0.15) is 0 Å². The summed E-state index contributed by atoms with van der Waals surface area (Å²) in [7, 11) is 0. The molecule has 0 fully saturated rings. The van der Waals surface area contributed by atoms with Crippen LogP contribution in [-0.2, 0) is 9.59 Å². The van der Waals surface area contributed by atoms with Crippen molar-refractivity contribution >= 4 is 23.2 Å². The minimum atomic E-state index is -0.0950. The number of anilines is 2. The van der Waals surface area contributed by atoms with Crippen molar-refractivity contribution in [2.45, 2.75) is 78.8 Å². The second-order valence-electron chi connectivity index (χ2n) is 8.94. The van der Waals surface area contributed by atoms with E-state index >= 15 is 0 Å². The molecule has 3 rings (SSSR count). The Labute approximate surface area is 193 Å². The lowest BCUT2D eigenvalue weighted by molar-refractivity contribution is -0.123. The molecule has 0 saturated carbocycles. The zero-order valence-electron chi connectivity index (χ0n) is 20.3. The number of hydrogen-bond acceptors (Lipinski definition) is 2. The molecule has 0 aromatic heterocycles. The monoisotopic (exact) mass is 434 g/mol. The van der Waals surface area contributed by atoms with Crippen LogP contribution in [0.1, 0.15) is 78.3 Å². The number of benzene rings is 2. The number of carbonyl (C=O) groups excluding carboxylic acids is 2. The molecule has 0 N–H and O–H groups in total. The Hall–Kier alpha value is -2.62. The van der Waals surface area contributed by atoms with E-state index in [-0.39, 0.29) is 35.7 Å². The molecule has 0 spiro atoms. The van der Waals surface area contributed by atoms with Crippen molar-refractivity contribution in [2.75, 3.05) is 9.80 Å². The quantitative estimate of drug-likeness (QED) is 0.460. The fourth-order valence-corrected chi connectivity index (χ4v) is 5.08. The van der Waals surface area contributed by atoms with E-state index in [4.69, 9.17) is 0 Å². The predicted octanol–water partition coefficient (Wildman–Crippen LogP) is 6.76. The van der Waals surface area contributed by atoms with Gasteiger partial charge in [0, 0.05) is 29.3 Å². The Morgan fingerprint density at radius 3 is 2.03 bits per heavy atom. The molecule has 1 aliphatic heterocycles. The maximum atomic E-state index is 13.8.